The van der Waals surface area contributed by atoms with E-state index in [0.29, 0.717) is 19.1 Å². The van der Waals surface area contributed by atoms with E-state index in [-0.39, 0.29) is 6.03 Å². The molecule has 1 N–H and O–H groups in total. The first-order chi connectivity index (χ1) is 15.7. The number of carbonyl (C=O) groups is 1. The predicted octanol–water partition coefficient (Wildman–Crippen LogP) is 4.75. The van der Waals surface area contributed by atoms with E-state index in [1.54, 1.807) is 7.11 Å². The molecule has 2 fully saturated rings. The van der Waals surface area contributed by atoms with Crippen LogP contribution < -0.4 is 10.1 Å². The molecule has 2 aromatic carbocycles. The smallest absolute Gasteiger partial charge is 0.321 e. The maximum Gasteiger partial charge on any atom is 0.321 e. The Morgan fingerprint density at radius 3 is 2.56 bits per heavy atom. The maximum atomic E-state index is 12.8. The molecule has 0 aromatic heterocycles. The lowest BCUT2D eigenvalue weighted by Gasteiger charge is -2.29. The fraction of sp³-hybridized carbons (Fsp3) is 0.500. The molecule has 32 heavy (non-hydrogen) atoms. The third kappa shape index (κ3) is 6.47. The number of rotatable bonds is 8. The quantitative estimate of drug-likeness (QED) is 0.647. The largest absolute Gasteiger partial charge is 0.497 e. The van der Waals surface area contributed by atoms with Gasteiger partial charge in [-0.25, -0.2) is 4.79 Å². The summed E-state index contributed by atoms with van der Waals surface area (Å²) in [6.07, 6.45) is 5.10. The average molecular weight is 438 g/mol. The molecule has 172 valence electrons. The van der Waals surface area contributed by atoms with Crippen LogP contribution in [0.3, 0.4) is 0 Å². The molecule has 2 saturated heterocycles. The first kappa shape index (κ1) is 22.6. The average Bonchev–Trinajstić information content (AvgIpc) is 3.29. The van der Waals surface area contributed by atoms with Crippen LogP contribution in [0.4, 0.5) is 10.5 Å². The Morgan fingerprint density at radius 1 is 1.00 bits per heavy atom. The minimum Gasteiger partial charge on any atom is -0.497 e. The van der Waals surface area contributed by atoms with Crippen molar-refractivity contribution in [2.75, 3.05) is 45.2 Å². The van der Waals surface area contributed by atoms with E-state index >= 15 is 0 Å². The van der Waals surface area contributed by atoms with Gasteiger partial charge in [0.1, 0.15) is 5.75 Å². The van der Waals surface area contributed by atoms with Crippen molar-refractivity contribution in [2.24, 2.45) is 5.92 Å². The zero-order valence-electron chi connectivity index (χ0n) is 19.1. The molecule has 0 bridgehead atoms. The summed E-state index contributed by atoms with van der Waals surface area (Å²) in [6.45, 7) is 6.29. The van der Waals surface area contributed by atoms with Gasteiger partial charge in [-0.1, -0.05) is 30.7 Å². The predicted molar refractivity (Wildman–Crippen MR) is 127 cm³/mol. The standard InChI is InChI=1S/C26H35N3O3/c1-31-25-10-8-21(9-11-25)19-32-20-22-6-5-7-24(16-22)27-26(30)29-15-12-23(18-29)17-28-13-3-2-4-14-28/h5-11,16,23H,2-4,12-15,17-20H2,1H3,(H,27,30)/t23-/m1/s1. The summed E-state index contributed by atoms with van der Waals surface area (Å²) < 4.78 is 11.0. The van der Waals surface area contributed by atoms with Gasteiger partial charge in [-0.05, 0) is 73.7 Å². The van der Waals surface area contributed by atoms with Gasteiger partial charge < -0.3 is 24.6 Å². The van der Waals surface area contributed by atoms with Crippen molar-refractivity contribution in [3.05, 3.63) is 59.7 Å². The normalized spacial score (nSPS) is 19.2. The van der Waals surface area contributed by atoms with Crippen LogP contribution in [-0.4, -0.2) is 55.7 Å². The number of urea groups is 1. The van der Waals surface area contributed by atoms with Gasteiger partial charge in [-0.2, -0.15) is 0 Å². The number of hydrogen-bond acceptors (Lipinski definition) is 4. The van der Waals surface area contributed by atoms with Crippen LogP contribution in [0.1, 0.15) is 36.8 Å². The minimum atomic E-state index is 0.00226. The lowest BCUT2D eigenvalue weighted by molar-refractivity contribution is 0.107. The van der Waals surface area contributed by atoms with Crippen LogP contribution in [0.2, 0.25) is 0 Å². The summed E-state index contributed by atoms with van der Waals surface area (Å²) in [5.41, 5.74) is 2.96. The number of carbonyl (C=O) groups excluding carboxylic acids is 1. The highest BCUT2D eigenvalue weighted by Gasteiger charge is 2.28. The first-order valence-electron chi connectivity index (χ1n) is 11.8. The molecular weight excluding hydrogens is 402 g/mol. The summed E-state index contributed by atoms with van der Waals surface area (Å²) in [5.74, 6) is 1.43. The fourth-order valence-electron chi connectivity index (χ4n) is 4.62. The van der Waals surface area contributed by atoms with Crippen molar-refractivity contribution < 1.29 is 14.3 Å². The number of piperidine rings is 1. The summed E-state index contributed by atoms with van der Waals surface area (Å²) in [5, 5.41) is 3.07. The van der Waals surface area contributed by atoms with Gasteiger partial charge in [0.25, 0.3) is 0 Å². The summed E-state index contributed by atoms with van der Waals surface area (Å²) >= 11 is 0. The number of nitrogens with one attached hydrogen (secondary N) is 1. The highest BCUT2D eigenvalue weighted by Crippen LogP contribution is 2.21. The second-order valence-electron chi connectivity index (χ2n) is 8.93. The third-order valence-electron chi connectivity index (χ3n) is 6.41. The van der Waals surface area contributed by atoms with Gasteiger partial charge in [0, 0.05) is 25.3 Å². The Kier molecular flexibility index (Phi) is 8.02. The van der Waals surface area contributed by atoms with Crippen molar-refractivity contribution in [1.82, 2.24) is 9.80 Å². The van der Waals surface area contributed by atoms with Gasteiger partial charge in [0.2, 0.25) is 0 Å². The highest BCUT2D eigenvalue weighted by molar-refractivity contribution is 5.89. The van der Waals surface area contributed by atoms with Crippen LogP contribution >= 0.6 is 0 Å². The summed E-state index contributed by atoms with van der Waals surface area (Å²) in [6, 6.07) is 15.8. The topological polar surface area (TPSA) is 54.0 Å². The second kappa shape index (κ2) is 11.3. The van der Waals surface area contributed by atoms with Gasteiger partial charge in [0.15, 0.2) is 0 Å². The Hall–Kier alpha value is -2.57. The lowest BCUT2D eigenvalue weighted by Crippen LogP contribution is -2.37. The van der Waals surface area contributed by atoms with Crippen LogP contribution in [0.5, 0.6) is 5.75 Å². The molecule has 2 aliphatic rings. The van der Waals surface area contributed by atoms with Crippen LogP contribution in [0.25, 0.3) is 0 Å². The number of likely N-dealkylation sites (tertiary alicyclic amines) is 2. The van der Waals surface area contributed by atoms with Crippen LogP contribution in [0.15, 0.2) is 48.5 Å². The van der Waals surface area contributed by atoms with Gasteiger partial charge in [0.05, 0.1) is 20.3 Å². The minimum absolute atomic E-state index is 0.00226. The van der Waals surface area contributed by atoms with Crippen molar-refractivity contribution in [3.63, 3.8) is 0 Å². The Labute approximate surface area is 191 Å². The van der Waals surface area contributed by atoms with E-state index in [2.05, 4.69) is 10.2 Å². The molecule has 6 nitrogen and oxygen atoms in total. The zero-order valence-corrected chi connectivity index (χ0v) is 19.1. The number of benzene rings is 2. The van der Waals surface area contributed by atoms with E-state index in [0.717, 1.165) is 48.6 Å². The van der Waals surface area contributed by atoms with Gasteiger partial charge in [-0.3, -0.25) is 0 Å². The van der Waals surface area contributed by atoms with Crippen molar-refractivity contribution in [2.45, 2.75) is 38.9 Å². The number of nitrogens with zero attached hydrogens (tertiary/aromatic N) is 2. The lowest BCUT2D eigenvalue weighted by atomic mass is 10.1. The van der Waals surface area contributed by atoms with Crippen LogP contribution in [0, 0.1) is 5.92 Å². The third-order valence-corrected chi connectivity index (χ3v) is 6.41. The molecule has 4 rings (SSSR count). The number of methoxy groups -OCH3 is 1. The van der Waals surface area contributed by atoms with E-state index in [1.165, 1.54) is 32.4 Å². The fourth-order valence-corrected chi connectivity index (χ4v) is 4.62. The molecule has 0 spiro atoms. The SMILES string of the molecule is COc1ccc(COCc2cccc(NC(=O)N3CC[C@H](CN4CCCCC4)C3)c2)cc1. The van der Waals surface area contributed by atoms with Gasteiger partial charge >= 0.3 is 6.03 Å². The highest BCUT2D eigenvalue weighted by atomic mass is 16.5. The molecule has 2 aromatic rings. The Bertz CT molecular complexity index is 865. The number of ether oxygens (including phenoxy) is 2. The summed E-state index contributed by atoms with van der Waals surface area (Å²) in [4.78, 5) is 17.3. The monoisotopic (exact) mass is 437 g/mol. The number of hydrogen-bond donors (Lipinski definition) is 1. The van der Waals surface area contributed by atoms with Crippen molar-refractivity contribution >= 4 is 11.7 Å². The molecule has 0 radical (unpaired) electrons. The van der Waals surface area contributed by atoms with E-state index in [1.807, 2.05) is 53.4 Å². The first-order valence-corrected chi connectivity index (χ1v) is 11.8. The Balaban J connectivity index is 1.22. The number of anilines is 1. The van der Waals surface area contributed by atoms with E-state index < -0.39 is 0 Å². The van der Waals surface area contributed by atoms with E-state index in [4.69, 9.17) is 9.47 Å². The maximum absolute atomic E-state index is 12.8. The molecular formula is C26H35N3O3. The molecule has 0 aliphatic carbocycles. The molecule has 0 unspecified atom stereocenters. The van der Waals surface area contributed by atoms with Gasteiger partial charge in [-0.15, -0.1) is 0 Å². The van der Waals surface area contributed by atoms with Crippen molar-refractivity contribution in [3.8, 4) is 5.75 Å². The van der Waals surface area contributed by atoms with Crippen molar-refractivity contribution in [1.29, 1.82) is 0 Å². The van der Waals surface area contributed by atoms with Crippen LogP contribution in [-0.2, 0) is 18.0 Å². The molecule has 2 aliphatic heterocycles. The molecule has 0 saturated carbocycles. The van der Waals surface area contributed by atoms with E-state index in [9.17, 15) is 4.79 Å². The molecule has 1 atom stereocenters. The molecule has 2 heterocycles. The molecule has 2 amide bonds. The molecule has 6 heteroatoms. The number of amides is 2. The summed E-state index contributed by atoms with van der Waals surface area (Å²) in [7, 11) is 1.66. The zero-order chi connectivity index (χ0) is 22.2. The second-order valence-corrected chi connectivity index (χ2v) is 8.93. The Morgan fingerprint density at radius 2 is 1.78 bits per heavy atom.